The molecule has 1 aliphatic rings. The van der Waals surface area contributed by atoms with E-state index in [0.29, 0.717) is 48.8 Å². The molecule has 0 aromatic heterocycles. The highest BCUT2D eigenvalue weighted by atomic mass is 16.5. The Bertz CT molecular complexity index is 1250. The molecule has 0 unspecified atom stereocenters. The van der Waals surface area contributed by atoms with Crippen LogP contribution in [0.1, 0.15) is 15.9 Å². The standard InChI is InChI=1S/C24H24N4O5/c1-15-5-3-4-6-18(15)26-19-20(22(30)21(19)29)27-11-13-28(14-12-27)24(32)25-17-9-7-16(8-10-17)23(31)33-2/h3-10,26H,11-14H2,1-2H3,(H,25,32). The van der Waals surface area contributed by atoms with Crippen molar-refractivity contribution < 1.29 is 14.3 Å². The fraction of sp³-hybridized carbons (Fsp3) is 0.250. The molecule has 0 spiro atoms. The van der Waals surface area contributed by atoms with Crippen molar-refractivity contribution in [2.45, 2.75) is 6.92 Å². The third-order valence-corrected chi connectivity index (χ3v) is 5.73. The van der Waals surface area contributed by atoms with Gasteiger partial charge in [0.2, 0.25) is 0 Å². The average Bonchev–Trinajstić information content (AvgIpc) is 2.84. The normalized spacial score (nSPS) is 13.6. The van der Waals surface area contributed by atoms with Gasteiger partial charge in [0.25, 0.3) is 10.9 Å². The number of hydrogen-bond donors (Lipinski definition) is 2. The first-order chi connectivity index (χ1) is 15.9. The summed E-state index contributed by atoms with van der Waals surface area (Å²) in [5.41, 5.74) is 2.35. The summed E-state index contributed by atoms with van der Waals surface area (Å²) in [6.07, 6.45) is 0. The minimum atomic E-state index is -0.524. The van der Waals surface area contributed by atoms with E-state index in [-0.39, 0.29) is 6.03 Å². The van der Waals surface area contributed by atoms with Crippen LogP contribution in [0.4, 0.5) is 27.5 Å². The van der Waals surface area contributed by atoms with Gasteiger partial charge in [0.15, 0.2) is 0 Å². The van der Waals surface area contributed by atoms with Gasteiger partial charge in [0.05, 0.1) is 12.7 Å². The number of aryl methyl sites for hydroxylation is 1. The van der Waals surface area contributed by atoms with Crippen molar-refractivity contribution in [2.75, 3.05) is 48.8 Å². The van der Waals surface area contributed by atoms with Crippen LogP contribution in [-0.2, 0) is 4.74 Å². The number of hydrogen-bond acceptors (Lipinski definition) is 7. The summed E-state index contributed by atoms with van der Waals surface area (Å²) in [6.45, 7) is 3.58. The molecular formula is C24H24N4O5. The van der Waals surface area contributed by atoms with E-state index in [4.69, 9.17) is 0 Å². The van der Waals surface area contributed by atoms with Crippen molar-refractivity contribution in [3.05, 3.63) is 80.1 Å². The van der Waals surface area contributed by atoms with Crippen LogP contribution >= 0.6 is 0 Å². The van der Waals surface area contributed by atoms with Gasteiger partial charge in [-0.1, -0.05) is 18.2 Å². The molecule has 1 heterocycles. The van der Waals surface area contributed by atoms with Crippen LogP contribution < -0.4 is 26.4 Å². The minimum Gasteiger partial charge on any atom is -0.465 e. The maximum Gasteiger partial charge on any atom is 0.337 e. The van der Waals surface area contributed by atoms with Crippen molar-refractivity contribution >= 4 is 34.7 Å². The molecule has 0 radical (unpaired) electrons. The van der Waals surface area contributed by atoms with Gasteiger partial charge in [0, 0.05) is 37.6 Å². The lowest BCUT2D eigenvalue weighted by Gasteiger charge is -2.37. The van der Waals surface area contributed by atoms with Crippen LogP contribution in [0, 0.1) is 6.92 Å². The highest BCUT2D eigenvalue weighted by Crippen LogP contribution is 2.27. The molecule has 1 fully saturated rings. The van der Waals surface area contributed by atoms with E-state index < -0.39 is 16.8 Å². The van der Waals surface area contributed by atoms with Gasteiger partial charge in [-0.05, 0) is 42.8 Å². The second-order valence-corrected chi connectivity index (χ2v) is 7.79. The molecule has 2 N–H and O–H groups in total. The minimum absolute atomic E-state index is 0.274. The number of anilines is 4. The summed E-state index contributed by atoms with van der Waals surface area (Å²) in [5, 5.41) is 5.90. The van der Waals surface area contributed by atoms with Crippen molar-refractivity contribution in [2.24, 2.45) is 0 Å². The molecule has 1 saturated heterocycles. The lowest BCUT2D eigenvalue weighted by Crippen LogP contribution is -2.53. The molecule has 0 bridgehead atoms. The van der Waals surface area contributed by atoms with Crippen LogP contribution in [0.25, 0.3) is 0 Å². The first-order valence-corrected chi connectivity index (χ1v) is 10.5. The topological polar surface area (TPSA) is 108 Å². The Hall–Kier alpha value is -4.14. The van der Waals surface area contributed by atoms with Crippen LogP contribution in [0.5, 0.6) is 0 Å². The van der Waals surface area contributed by atoms with Gasteiger partial charge in [-0.3, -0.25) is 9.59 Å². The largest absolute Gasteiger partial charge is 0.465 e. The summed E-state index contributed by atoms with van der Waals surface area (Å²) in [5.74, 6) is -0.446. The summed E-state index contributed by atoms with van der Waals surface area (Å²) in [4.78, 5) is 52.1. The quantitative estimate of drug-likeness (QED) is 0.456. The molecule has 9 heteroatoms. The zero-order chi connectivity index (χ0) is 23.5. The van der Waals surface area contributed by atoms with E-state index >= 15 is 0 Å². The first kappa shape index (κ1) is 22.1. The molecular weight excluding hydrogens is 424 g/mol. The maximum absolute atomic E-state index is 12.6. The molecule has 1 aliphatic heterocycles. The zero-order valence-electron chi connectivity index (χ0n) is 18.4. The number of rotatable bonds is 5. The Balaban J connectivity index is 1.37. The number of ether oxygens (including phenoxy) is 1. The Morgan fingerprint density at radius 2 is 1.58 bits per heavy atom. The molecule has 2 amide bonds. The van der Waals surface area contributed by atoms with Crippen LogP contribution in [0.3, 0.4) is 0 Å². The van der Waals surface area contributed by atoms with Gasteiger partial charge in [-0.2, -0.15) is 0 Å². The predicted molar refractivity (Wildman–Crippen MR) is 126 cm³/mol. The number of para-hydroxylation sites is 1. The predicted octanol–water partition coefficient (Wildman–Crippen LogP) is 2.48. The molecule has 0 aliphatic carbocycles. The third kappa shape index (κ3) is 4.43. The number of piperazine rings is 1. The van der Waals surface area contributed by atoms with Gasteiger partial charge in [0.1, 0.15) is 11.4 Å². The Morgan fingerprint density at radius 1 is 0.909 bits per heavy atom. The number of nitrogens with zero attached hydrogens (tertiary/aromatic N) is 2. The smallest absolute Gasteiger partial charge is 0.337 e. The number of esters is 1. The Labute approximate surface area is 190 Å². The van der Waals surface area contributed by atoms with Crippen molar-refractivity contribution in [1.82, 2.24) is 4.90 Å². The fourth-order valence-electron chi connectivity index (χ4n) is 3.79. The number of carbonyl (C=O) groups excluding carboxylic acids is 2. The summed E-state index contributed by atoms with van der Waals surface area (Å²) >= 11 is 0. The molecule has 9 nitrogen and oxygen atoms in total. The molecule has 0 atom stereocenters. The number of methoxy groups -OCH3 is 1. The summed E-state index contributed by atoms with van der Waals surface area (Å²) < 4.78 is 4.66. The van der Waals surface area contributed by atoms with Crippen LogP contribution in [-0.4, -0.2) is 50.2 Å². The second kappa shape index (κ2) is 9.15. The molecule has 3 aromatic rings. The molecule has 3 aromatic carbocycles. The zero-order valence-corrected chi connectivity index (χ0v) is 18.4. The van der Waals surface area contributed by atoms with Gasteiger partial charge in [-0.25, -0.2) is 9.59 Å². The van der Waals surface area contributed by atoms with Gasteiger partial charge >= 0.3 is 12.0 Å². The van der Waals surface area contributed by atoms with E-state index in [0.717, 1.165) is 11.3 Å². The first-order valence-electron chi connectivity index (χ1n) is 10.5. The molecule has 170 valence electrons. The summed E-state index contributed by atoms with van der Waals surface area (Å²) in [6, 6.07) is 13.7. The van der Waals surface area contributed by atoms with Gasteiger partial charge in [-0.15, -0.1) is 0 Å². The molecule has 4 rings (SSSR count). The lowest BCUT2D eigenvalue weighted by atomic mass is 10.1. The van der Waals surface area contributed by atoms with Crippen molar-refractivity contribution in [1.29, 1.82) is 0 Å². The number of nitrogens with one attached hydrogen (secondary N) is 2. The fourth-order valence-corrected chi connectivity index (χ4v) is 3.79. The van der Waals surface area contributed by atoms with E-state index in [1.54, 1.807) is 29.2 Å². The third-order valence-electron chi connectivity index (χ3n) is 5.73. The SMILES string of the molecule is COC(=O)c1ccc(NC(=O)N2CCN(c3c(Nc4ccccc4C)c(=O)c3=O)CC2)cc1. The van der Waals surface area contributed by atoms with Crippen LogP contribution in [0.2, 0.25) is 0 Å². The molecule has 33 heavy (non-hydrogen) atoms. The van der Waals surface area contributed by atoms with E-state index in [2.05, 4.69) is 15.4 Å². The maximum atomic E-state index is 12.6. The monoisotopic (exact) mass is 448 g/mol. The Morgan fingerprint density at radius 3 is 2.21 bits per heavy atom. The van der Waals surface area contributed by atoms with Crippen LogP contribution in [0.15, 0.2) is 58.1 Å². The summed E-state index contributed by atoms with van der Waals surface area (Å²) in [7, 11) is 1.31. The number of benzene rings is 2. The van der Waals surface area contributed by atoms with E-state index in [1.807, 2.05) is 36.1 Å². The molecule has 0 saturated carbocycles. The van der Waals surface area contributed by atoms with Crippen molar-refractivity contribution in [3.63, 3.8) is 0 Å². The Kier molecular flexibility index (Phi) is 6.12. The number of amides is 2. The van der Waals surface area contributed by atoms with Crippen molar-refractivity contribution in [3.8, 4) is 0 Å². The van der Waals surface area contributed by atoms with E-state index in [9.17, 15) is 19.2 Å². The highest BCUT2D eigenvalue weighted by molar-refractivity contribution is 5.92. The van der Waals surface area contributed by atoms with E-state index in [1.165, 1.54) is 7.11 Å². The highest BCUT2D eigenvalue weighted by Gasteiger charge is 2.30. The average molecular weight is 448 g/mol. The number of urea groups is 1. The number of carbonyl (C=O) groups is 2. The lowest BCUT2D eigenvalue weighted by molar-refractivity contribution is 0.0600. The second-order valence-electron chi connectivity index (χ2n) is 7.79. The van der Waals surface area contributed by atoms with Gasteiger partial charge < -0.3 is 25.2 Å².